The number of hydrogen-bond acceptors (Lipinski definition) is 5. The first-order valence-corrected chi connectivity index (χ1v) is 9.38. The molecule has 1 aromatic rings. The minimum absolute atomic E-state index is 0.119. The number of β-amino-alcohol motifs (C(OH)–C–C–N with tert-alkyl or cyclic N) is 1. The van der Waals surface area contributed by atoms with Crippen LogP contribution in [0.5, 0.6) is 0 Å². The molecule has 2 atom stereocenters. The van der Waals surface area contributed by atoms with Crippen LogP contribution in [0.1, 0.15) is 5.56 Å². The van der Waals surface area contributed by atoms with E-state index in [1.54, 1.807) is 12.0 Å². The molecule has 2 saturated heterocycles. The van der Waals surface area contributed by atoms with Crippen LogP contribution in [0.3, 0.4) is 0 Å². The van der Waals surface area contributed by atoms with Gasteiger partial charge in [-0.1, -0.05) is 30.3 Å². The molecule has 26 heavy (non-hydrogen) atoms. The van der Waals surface area contributed by atoms with Crippen molar-refractivity contribution in [2.45, 2.75) is 18.8 Å². The van der Waals surface area contributed by atoms with E-state index in [-0.39, 0.29) is 12.1 Å². The number of carbonyl (C=O) groups is 1. The predicted molar refractivity (Wildman–Crippen MR) is 99.9 cm³/mol. The van der Waals surface area contributed by atoms with Crippen LogP contribution in [0.25, 0.3) is 0 Å². The van der Waals surface area contributed by atoms with E-state index < -0.39 is 6.10 Å². The van der Waals surface area contributed by atoms with Gasteiger partial charge in [-0.25, -0.2) is 4.79 Å². The molecule has 0 bridgehead atoms. The van der Waals surface area contributed by atoms with Crippen molar-refractivity contribution < 1.29 is 14.6 Å². The molecule has 2 aliphatic heterocycles. The van der Waals surface area contributed by atoms with Gasteiger partial charge in [-0.2, -0.15) is 0 Å². The van der Waals surface area contributed by atoms with Crippen molar-refractivity contribution in [1.29, 1.82) is 0 Å². The van der Waals surface area contributed by atoms with Crippen LogP contribution in [0, 0.1) is 0 Å². The second-order valence-electron chi connectivity index (χ2n) is 7.08. The van der Waals surface area contributed by atoms with E-state index in [1.807, 2.05) is 6.07 Å². The third-order valence-corrected chi connectivity index (χ3v) is 5.25. The van der Waals surface area contributed by atoms with Crippen LogP contribution < -0.4 is 5.32 Å². The van der Waals surface area contributed by atoms with Crippen LogP contribution in [0.15, 0.2) is 30.3 Å². The number of benzene rings is 1. The van der Waals surface area contributed by atoms with E-state index in [1.165, 1.54) is 5.56 Å². The number of ether oxygens (including phenoxy) is 1. The summed E-state index contributed by atoms with van der Waals surface area (Å²) in [6.07, 6.45) is -0.873. The second-order valence-corrected chi connectivity index (χ2v) is 7.08. The summed E-state index contributed by atoms with van der Waals surface area (Å²) in [7, 11) is 1.56. The zero-order chi connectivity index (χ0) is 18.4. The molecule has 0 radical (unpaired) electrons. The molecule has 2 fully saturated rings. The van der Waals surface area contributed by atoms with Gasteiger partial charge in [0.25, 0.3) is 0 Å². The molecule has 0 spiro atoms. The Bertz CT molecular complexity index is 563. The summed E-state index contributed by atoms with van der Waals surface area (Å²) in [4.78, 5) is 18.7. The van der Waals surface area contributed by atoms with Gasteiger partial charge in [-0.3, -0.25) is 9.80 Å². The number of nitrogens with zero attached hydrogens (tertiary/aromatic N) is 3. The Hall–Kier alpha value is -1.67. The number of hydrogen-bond donors (Lipinski definition) is 2. The van der Waals surface area contributed by atoms with E-state index in [4.69, 9.17) is 4.74 Å². The lowest BCUT2D eigenvalue weighted by atomic mass is 10.2. The van der Waals surface area contributed by atoms with Crippen LogP contribution in [0.2, 0.25) is 0 Å². The lowest BCUT2D eigenvalue weighted by Gasteiger charge is -2.34. The Labute approximate surface area is 155 Å². The SMILES string of the molecule is CO[C@H]1CN(C(=O)NCCN2CCN(Cc3ccccc3)CC2)C[C@@H]1O. The molecule has 3 rings (SSSR count). The minimum Gasteiger partial charge on any atom is -0.388 e. The molecule has 144 valence electrons. The highest BCUT2D eigenvalue weighted by molar-refractivity contribution is 5.74. The van der Waals surface area contributed by atoms with Gasteiger partial charge in [0.2, 0.25) is 0 Å². The molecule has 1 aromatic carbocycles. The number of likely N-dealkylation sites (tertiary alicyclic amines) is 1. The van der Waals surface area contributed by atoms with Crippen molar-refractivity contribution in [1.82, 2.24) is 20.0 Å². The maximum atomic E-state index is 12.2. The molecule has 2 amide bonds. The zero-order valence-corrected chi connectivity index (χ0v) is 15.5. The van der Waals surface area contributed by atoms with Crippen molar-refractivity contribution in [3.63, 3.8) is 0 Å². The number of aliphatic hydroxyl groups excluding tert-OH is 1. The van der Waals surface area contributed by atoms with Crippen LogP contribution in [-0.2, 0) is 11.3 Å². The summed E-state index contributed by atoms with van der Waals surface area (Å²) in [6.45, 7) is 7.42. The van der Waals surface area contributed by atoms with Crippen molar-refractivity contribution in [2.24, 2.45) is 0 Å². The highest BCUT2D eigenvalue weighted by Crippen LogP contribution is 2.12. The largest absolute Gasteiger partial charge is 0.388 e. The van der Waals surface area contributed by atoms with E-state index in [0.717, 1.165) is 39.3 Å². The van der Waals surface area contributed by atoms with Crippen molar-refractivity contribution in [3.8, 4) is 0 Å². The van der Waals surface area contributed by atoms with Crippen LogP contribution in [0.4, 0.5) is 4.79 Å². The minimum atomic E-state index is -0.594. The molecular weight excluding hydrogens is 332 g/mol. The van der Waals surface area contributed by atoms with E-state index in [2.05, 4.69) is 39.4 Å². The molecule has 0 aliphatic carbocycles. The number of urea groups is 1. The maximum absolute atomic E-state index is 12.2. The first-order valence-electron chi connectivity index (χ1n) is 9.38. The third-order valence-electron chi connectivity index (χ3n) is 5.25. The van der Waals surface area contributed by atoms with Gasteiger partial charge in [0, 0.05) is 52.9 Å². The smallest absolute Gasteiger partial charge is 0.317 e. The number of amides is 2. The van der Waals surface area contributed by atoms with Gasteiger partial charge >= 0.3 is 6.03 Å². The Morgan fingerprint density at radius 3 is 2.50 bits per heavy atom. The fourth-order valence-corrected chi connectivity index (χ4v) is 3.60. The van der Waals surface area contributed by atoms with Gasteiger partial charge in [0.15, 0.2) is 0 Å². The molecule has 2 heterocycles. The molecule has 0 aromatic heterocycles. The fraction of sp³-hybridized carbons (Fsp3) is 0.632. The summed E-state index contributed by atoms with van der Waals surface area (Å²) in [5.74, 6) is 0. The first kappa shape index (κ1) is 19.1. The van der Waals surface area contributed by atoms with E-state index >= 15 is 0 Å². The highest BCUT2D eigenvalue weighted by atomic mass is 16.5. The summed E-state index contributed by atoms with van der Waals surface area (Å²) in [6, 6.07) is 10.4. The van der Waals surface area contributed by atoms with Gasteiger partial charge in [-0.05, 0) is 5.56 Å². The molecule has 7 heteroatoms. The normalized spacial score (nSPS) is 24.8. The third kappa shape index (κ3) is 5.17. The lowest BCUT2D eigenvalue weighted by molar-refractivity contribution is 0.0215. The van der Waals surface area contributed by atoms with Crippen LogP contribution >= 0.6 is 0 Å². The average molecular weight is 362 g/mol. The predicted octanol–water partition coefficient (Wildman–Crippen LogP) is 0.205. The molecule has 2 aliphatic rings. The average Bonchev–Trinajstić information content (AvgIpc) is 3.05. The Balaban J connectivity index is 1.31. The molecule has 7 nitrogen and oxygen atoms in total. The highest BCUT2D eigenvalue weighted by Gasteiger charge is 2.33. The van der Waals surface area contributed by atoms with E-state index in [9.17, 15) is 9.90 Å². The number of rotatable bonds is 6. The number of nitrogens with one attached hydrogen (secondary N) is 1. The maximum Gasteiger partial charge on any atom is 0.317 e. The van der Waals surface area contributed by atoms with Gasteiger partial charge in [0.05, 0.1) is 19.2 Å². The number of methoxy groups -OCH3 is 1. The fourth-order valence-electron chi connectivity index (χ4n) is 3.60. The molecule has 0 unspecified atom stereocenters. The Morgan fingerprint density at radius 2 is 1.85 bits per heavy atom. The first-order chi connectivity index (χ1) is 12.7. The van der Waals surface area contributed by atoms with Crippen molar-refractivity contribution >= 4 is 6.03 Å². The topological polar surface area (TPSA) is 68.3 Å². The second kappa shape index (κ2) is 9.32. The van der Waals surface area contributed by atoms with E-state index in [0.29, 0.717) is 19.6 Å². The summed E-state index contributed by atoms with van der Waals surface area (Å²) < 4.78 is 5.17. The summed E-state index contributed by atoms with van der Waals surface area (Å²) in [5.41, 5.74) is 1.36. The Kier molecular flexibility index (Phi) is 6.85. The monoisotopic (exact) mass is 362 g/mol. The lowest BCUT2D eigenvalue weighted by Crippen LogP contribution is -2.49. The number of aliphatic hydroxyl groups is 1. The quantitative estimate of drug-likeness (QED) is 0.757. The summed E-state index contributed by atoms with van der Waals surface area (Å²) >= 11 is 0. The molecule has 2 N–H and O–H groups in total. The molecule has 0 saturated carbocycles. The van der Waals surface area contributed by atoms with Crippen molar-refractivity contribution in [3.05, 3.63) is 35.9 Å². The molecular formula is C19H30N4O3. The Morgan fingerprint density at radius 1 is 1.15 bits per heavy atom. The van der Waals surface area contributed by atoms with Crippen LogP contribution in [-0.4, -0.2) is 97.5 Å². The van der Waals surface area contributed by atoms with Gasteiger partial charge in [-0.15, -0.1) is 0 Å². The van der Waals surface area contributed by atoms with Crippen molar-refractivity contribution in [2.75, 3.05) is 59.5 Å². The summed E-state index contributed by atoms with van der Waals surface area (Å²) in [5, 5.41) is 12.8. The zero-order valence-electron chi connectivity index (χ0n) is 15.5. The van der Waals surface area contributed by atoms with Gasteiger partial charge in [0.1, 0.15) is 6.10 Å². The van der Waals surface area contributed by atoms with Gasteiger partial charge < -0.3 is 20.1 Å². The standard InChI is InChI=1S/C19H30N4O3/c1-26-18-15-23(14-17(18)24)19(25)20-7-8-21-9-11-22(12-10-21)13-16-5-3-2-4-6-16/h2-6,17-18,24H,7-15H2,1H3,(H,20,25)/t17-,18-/m0/s1. The number of carbonyl (C=O) groups excluding carboxylic acids is 1. The number of piperazine rings is 1.